The molecule has 2 aliphatic carbocycles. The number of rotatable bonds is 1. The molecule has 1 fully saturated rings. The van der Waals surface area contributed by atoms with Gasteiger partial charge in [0.25, 0.3) is 0 Å². The van der Waals surface area contributed by atoms with Crippen LogP contribution in [0.4, 0.5) is 0 Å². The summed E-state index contributed by atoms with van der Waals surface area (Å²) >= 11 is 0. The summed E-state index contributed by atoms with van der Waals surface area (Å²) in [5, 5.41) is 14.1. The van der Waals surface area contributed by atoms with Gasteiger partial charge in [-0.25, -0.2) is 0 Å². The summed E-state index contributed by atoms with van der Waals surface area (Å²) in [4.78, 5) is 2.38. The third kappa shape index (κ3) is 1.94. The van der Waals surface area contributed by atoms with Crippen LogP contribution in [-0.4, -0.2) is 42.2 Å². The van der Waals surface area contributed by atoms with Crippen molar-refractivity contribution in [3.63, 3.8) is 0 Å². The Kier molecular flexibility index (Phi) is 2.99. The second-order valence-corrected chi connectivity index (χ2v) is 5.87. The van der Waals surface area contributed by atoms with Crippen molar-refractivity contribution in [2.24, 2.45) is 0 Å². The number of aliphatic hydroxyl groups excluding tert-OH is 1. The van der Waals surface area contributed by atoms with E-state index in [1.54, 1.807) is 0 Å². The molecule has 2 N–H and O–H groups in total. The van der Waals surface area contributed by atoms with E-state index in [4.69, 9.17) is 0 Å². The van der Waals surface area contributed by atoms with Crippen LogP contribution < -0.4 is 5.32 Å². The Morgan fingerprint density at radius 1 is 1.10 bits per heavy atom. The summed E-state index contributed by atoms with van der Waals surface area (Å²) in [6.45, 7) is 4.04. The van der Waals surface area contributed by atoms with Crippen LogP contribution >= 0.6 is 0 Å². The average molecular weight is 268 g/mol. The van der Waals surface area contributed by atoms with Gasteiger partial charge in [0.2, 0.25) is 0 Å². The van der Waals surface area contributed by atoms with Crippen LogP contribution in [-0.2, 0) is 6.42 Å². The highest BCUT2D eigenvalue weighted by atomic mass is 16.3. The molecule has 3 aliphatic rings. The first-order valence-electron chi connectivity index (χ1n) is 7.47. The van der Waals surface area contributed by atoms with Crippen LogP contribution in [0, 0.1) is 0 Å². The molecular formula is C17H20N2O. The molecule has 3 heteroatoms. The van der Waals surface area contributed by atoms with Gasteiger partial charge in [0.1, 0.15) is 0 Å². The number of nitrogens with one attached hydrogen (secondary N) is 1. The van der Waals surface area contributed by atoms with Crippen molar-refractivity contribution >= 4 is 12.2 Å². The molecule has 1 saturated heterocycles. The summed E-state index contributed by atoms with van der Waals surface area (Å²) in [5.74, 6) is 0. The number of fused-ring (bicyclic) bond motifs is 2. The van der Waals surface area contributed by atoms with E-state index in [0.29, 0.717) is 0 Å². The number of piperazine rings is 1. The quantitative estimate of drug-likeness (QED) is 0.812. The highest BCUT2D eigenvalue weighted by Gasteiger charge is 2.30. The molecule has 3 nitrogen and oxygen atoms in total. The molecule has 104 valence electrons. The lowest BCUT2D eigenvalue weighted by molar-refractivity contribution is 0.0647. The minimum absolute atomic E-state index is 0.122. The summed E-state index contributed by atoms with van der Waals surface area (Å²) in [6.07, 6.45) is 9.32. The Labute approximate surface area is 119 Å². The van der Waals surface area contributed by atoms with E-state index < -0.39 is 6.10 Å². The molecule has 0 radical (unpaired) electrons. The molecule has 0 bridgehead atoms. The molecule has 0 amide bonds. The van der Waals surface area contributed by atoms with E-state index in [1.807, 2.05) is 0 Å². The normalized spacial score (nSPS) is 28.4. The highest BCUT2D eigenvalue weighted by Crippen LogP contribution is 2.35. The Balaban J connectivity index is 1.67. The molecule has 0 saturated carbocycles. The predicted octanol–water partition coefficient (Wildman–Crippen LogP) is 1.59. The zero-order valence-corrected chi connectivity index (χ0v) is 11.5. The minimum atomic E-state index is -0.404. The second-order valence-electron chi connectivity index (χ2n) is 5.87. The lowest BCUT2D eigenvalue weighted by Crippen LogP contribution is -2.50. The van der Waals surface area contributed by atoms with Crippen molar-refractivity contribution in [1.82, 2.24) is 10.2 Å². The Hall–Kier alpha value is -1.42. The van der Waals surface area contributed by atoms with Crippen LogP contribution in [0.5, 0.6) is 0 Å². The number of hydrogen-bond acceptors (Lipinski definition) is 3. The Morgan fingerprint density at radius 2 is 1.95 bits per heavy atom. The van der Waals surface area contributed by atoms with Crippen LogP contribution in [0.1, 0.15) is 28.4 Å². The molecule has 20 heavy (non-hydrogen) atoms. The van der Waals surface area contributed by atoms with E-state index in [1.165, 1.54) is 16.7 Å². The lowest BCUT2D eigenvalue weighted by atomic mass is 9.87. The van der Waals surface area contributed by atoms with E-state index in [0.717, 1.165) is 38.2 Å². The van der Waals surface area contributed by atoms with Gasteiger partial charge >= 0.3 is 0 Å². The van der Waals surface area contributed by atoms with Gasteiger partial charge in [-0.05, 0) is 34.7 Å². The van der Waals surface area contributed by atoms with Gasteiger partial charge in [0.05, 0.1) is 12.1 Å². The second kappa shape index (κ2) is 4.85. The molecule has 1 aliphatic heterocycles. The van der Waals surface area contributed by atoms with Gasteiger partial charge in [-0.1, -0.05) is 30.4 Å². The molecule has 1 aromatic carbocycles. The molecule has 2 atom stereocenters. The fourth-order valence-electron chi connectivity index (χ4n) is 3.54. The summed E-state index contributed by atoms with van der Waals surface area (Å²) in [5.41, 5.74) is 4.92. The van der Waals surface area contributed by atoms with E-state index in [9.17, 15) is 5.11 Å². The van der Waals surface area contributed by atoms with Gasteiger partial charge in [-0.15, -0.1) is 0 Å². The van der Waals surface area contributed by atoms with Gasteiger partial charge in [0.15, 0.2) is 0 Å². The maximum absolute atomic E-state index is 10.8. The molecule has 4 rings (SSSR count). The SMILES string of the molecule is O[C@@H]1c2cc3c(cc2C=C[C@H]1N1CCNCC1)C=CC3. The summed E-state index contributed by atoms with van der Waals surface area (Å²) in [6, 6.07) is 4.53. The van der Waals surface area contributed by atoms with Crippen molar-refractivity contribution in [3.05, 3.63) is 46.5 Å². The van der Waals surface area contributed by atoms with Crippen LogP contribution in [0.15, 0.2) is 24.3 Å². The first kappa shape index (κ1) is 12.3. The molecule has 1 aromatic rings. The maximum atomic E-state index is 10.8. The topological polar surface area (TPSA) is 35.5 Å². The molecule has 0 spiro atoms. The van der Waals surface area contributed by atoms with Crippen molar-refractivity contribution in [2.75, 3.05) is 26.2 Å². The number of nitrogens with zero attached hydrogens (tertiary/aromatic N) is 1. The van der Waals surface area contributed by atoms with E-state index in [2.05, 4.69) is 46.7 Å². The average Bonchev–Trinajstić information content (AvgIpc) is 2.94. The molecular weight excluding hydrogens is 248 g/mol. The van der Waals surface area contributed by atoms with E-state index in [-0.39, 0.29) is 6.04 Å². The molecule has 0 aromatic heterocycles. The predicted molar refractivity (Wildman–Crippen MR) is 81.4 cm³/mol. The fourth-order valence-corrected chi connectivity index (χ4v) is 3.54. The minimum Gasteiger partial charge on any atom is -0.386 e. The highest BCUT2D eigenvalue weighted by molar-refractivity contribution is 5.69. The summed E-state index contributed by atoms with van der Waals surface area (Å²) in [7, 11) is 0. The molecule has 1 heterocycles. The largest absolute Gasteiger partial charge is 0.386 e. The standard InChI is InChI=1S/C17H20N2O/c20-17-15-11-13-3-1-2-12(13)10-14(15)4-5-16(17)19-8-6-18-7-9-19/h1-2,4-5,10-11,16-18,20H,3,6-9H2/t16-,17-/m1/s1. The third-order valence-electron chi connectivity index (χ3n) is 4.67. The van der Waals surface area contributed by atoms with Crippen LogP contribution in [0.3, 0.4) is 0 Å². The van der Waals surface area contributed by atoms with Crippen LogP contribution in [0.25, 0.3) is 12.2 Å². The zero-order valence-electron chi connectivity index (χ0n) is 11.5. The fraction of sp³-hybridized carbons (Fsp3) is 0.412. The van der Waals surface area contributed by atoms with Gasteiger partial charge in [-0.2, -0.15) is 0 Å². The van der Waals surface area contributed by atoms with Crippen LogP contribution in [0.2, 0.25) is 0 Å². The van der Waals surface area contributed by atoms with Crippen molar-refractivity contribution in [1.29, 1.82) is 0 Å². The number of allylic oxidation sites excluding steroid dienone is 1. The van der Waals surface area contributed by atoms with Gasteiger partial charge in [-0.3, -0.25) is 4.90 Å². The first-order chi connectivity index (χ1) is 9.83. The molecule has 0 unspecified atom stereocenters. The van der Waals surface area contributed by atoms with Gasteiger partial charge < -0.3 is 10.4 Å². The Bertz CT molecular complexity index is 585. The number of hydrogen-bond donors (Lipinski definition) is 2. The summed E-state index contributed by atoms with van der Waals surface area (Å²) < 4.78 is 0. The third-order valence-corrected chi connectivity index (χ3v) is 4.67. The maximum Gasteiger partial charge on any atom is 0.0986 e. The first-order valence-corrected chi connectivity index (χ1v) is 7.47. The van der Waals surface area contributed by atoms with Gasteiger partial charge in [0, 0.05) is 26.2 Å². The lowest BCUT2D eigenvalue weighted by Gasteiger charge is -2.38. The van der Waals surface area contributed by atoms with Crippen molar-refractivity contribution < 1.29 is 5.11 Å². The smallest absolute Gasteiger partial charge is 0.0986 e. The zero-order chi connectivity index (χ0) is 13.5. The Morgan fingerprint density at radius 3 is 2.80 bits per heavy atom. The van der Waals surface area contributed by atoms with Crippen molar-refractivity contribution in [2.45, 2.75) is 18.6 Å². The van der Waals surface area contributed by atoms with Crippen molar-refractivity contribution in [3.8, 4) is 0 Å². The van der Waals surface area contributed by atoms with E-state index >= 15 is 0 Å². The monoisotopic (exact) mass is 268 g/mol. The number of benzene rings is 1. The number of aliphatic hydroxyl groups is 1.